The van der Waals surface area contributed by atoms with Crippen molar-refractivity contribution in [3.63, 3.8) is 0 Å². The Labute approximate surface area is 111 Å². The molecule has 0 aliphatic rings. The maximum atomic E-state index is 12.3. The van der Waals surface area contributed by atoms with E-state index in [4.69, 9.17) is 10.5 Å². The van der Waals surface area contributed by atoms with Crippen LogP contribution < -0.4 is 10.5 Å². The van der Waals surface area contributed by atoms with Crippen LogP contribution in [0.2, 0.25) is 0 Å². The summed E-state index contributed by atoms with van der Waals surface area (Å²) in [5, 5.41) is 0. The van der Waals surface area contributed by atoms with Gasteiger partial charge >= 0.3 is 12.6 Å². The van der Waals surface area contributed by atoms with Crippen LogP contribution in [-0.4, -0.2) is 19.2 Å². The molecule has 18 heavy (non-hydrogen) atoms. The lowest BCUT2D eigenvalue weighted by Crippen LogP contribution is -2.12. The highest BCUT2D eigenvalue weighted by Crippen LogP contribution is 2.31. The van der Waals surface area contributed by atoms with Crippen LogP contribution >= 0.6 is 15.9 Å². The highest BCUT2D eigenvalue weighted by molar-refractivity contribution is 9.10. The molecule has 7 heteroatoms. The topological polar surface area (TPSA) is 61.5 Å². The summed E-state index contributed by atoms with van der Waals surface area (Å²) in [6.07, 6.45) is -0.213. The lowest BCUT2D eigenvalue weighted by Gasteiger charge is -2.13. The van der Waals surface area contributed by atoms with Crippen LogP contribution in [0.25, 0.3) is 0 Å². The third-order valence-corrected chi connectivity index (χ3v) is 2.51. The van der Waals surface area contributed by atoms with Gasteiger partial charge in [0, 0.05) is 15.7 Å². The molecule has 1 aromatic carbocycles. The molecule has 0 atom stereocenters. The van der Waals surface area contributed by atoms with Crippen molar-refractivity contribution in [3.8, 4) is 5.75 Å². The average Bonchev–Trinajstić information content (AvgIpc) is 2.22. The minimum Gasteiger partial charge on any atom is -0.466 e. The minimum absolute atomic E-state index is 0.134. The number of halogens is 3. The SMILES string of the molecule is CCOC(=O)Cc1c(N)cc(Br)cc1OC(F)F. The molecule has 0 bridgehead atoms. The first kappa shape index (κ1) is 14.7. The summed E-state index contributed by atoms with van der Waals surface area (Å²) < 4.78 is 34.1. The smallest absolute Gasteiger partial charge is 0.387 e. The molecule has 0 aliphatic carbocycles. The fourth-order valence-corrected chi connectivity index (χ4v) is 1.83. The standard InChI is InChI=1S/C11H12BrF2NO3/c1-2-17-10(16)5-7-8(15)3-6(12)4-9(7)18-11(13)14/h3-4,11H,2,5,15H2,1H3. The van der Waals surface area contributed by atoms with E-state index in [1.54, 1.807) is 6.92 Å². The third-order valence-electron chi connectivity index (χ3n) is 2.05. The molecule has 0 radical (unpaired) electrons. The van der Waals surface area contributed by atoms with E-state index in [1.807, 2.05) is 0 Å². The molecule has 100 valence electrons. The van der Waals surface area contributed by atoms with Crippen LogP contribution in [0.15, 0.2) is 16.6 Å². The number of alkyl halides is 2. The zero-order valence-electron chi connectivity index (χ0n) is 9.58. The summed E-state index contributed by atoms with van der Waals surface area (Å²) in [4.78, 5) is 11.4. The molecule has 0 amide bonds. The summed E-state index contributed by atoms with van der Waals surface area (Å²) >= 11 is 3.11. The second kappa shape index (κ2) is 6.53. The highest BCUT2D eigenvalue weighted by Gasteiger charge is 2.17. The Morgan fingerprint density at radius 3 is 2.72 bits per heavy atom. The first-order valence-corrected chi connectivity index (χ1v) is 5.91. The van der Waals surface area contributed by atoms with E-state index < -0.39 is 12.6 Å². The van der Waals surface area contributed by atoms with E-state index in [-0.39, 0.29) is 30.0 Å². The molecule has 0 saturated heterocycles. The number of nitrogen functional groups attached to an aromatic ring is 1. The van der Waals surface area contributed by atoms with Crippen molar-refractivity contribution in [1.29, 1.82) is 0 Å². The van der Waals surface area contributed by atoms with Gasteiger partial charge in [-0.15, -0.1) is 0 Å². The molecular weight excluding hydrogens is 312 g/mol. The van der Waals surface area contributed by atoms with E-state index in [0.717, 1.165) is 0 Å². The normalized spacial score (nSPS) is 10.5. The molecule has 0 aliphatic heterocycles. The molecule has 0 saturated carbocycles. The number of ether oxygens (including phenoxy) is 2. The third kappa shape index (κ3) is 4.14. The van der Waals surface area contributed by atoms with Crippen LogP contribution in [0.5, 0.6) is 5.75 Å². The molecule has 0 unspecified atom stereocenters. The number of benzene rings is 1. The predicted molar refractivity (Wildman–Crippen MR) is 65.5 cm³/mol. The molecule has 0 aromatic heterocycles. The van der Waals surface area contributed by atoms with Gasteiger partial charge in [0.05, 0.1) is 13.0 Å². The van der Waals surface area contributed by atoms with Gasteiger partial charge in [0.2, 0.25) is 0 Å². The first-order chi connectivity index (χ1) is 8.43. The van der Waals surface area contributed by atoms with Crippen LogP contribution in [0.3, 0.4) is 0 Å². The van der Waals surface area contributed by atoms with E-state index in [1.165, 1.54) is 12.1 Å². The molecule has 4 nitrogen and oxygen atoms in total. The van der Waals surface area contributed by atoms with Crippen molar-refractivity contribution >= 4 is 27.6 Å². The predicted octanol–water partition coefficient (Wildman–Crippen LogP) is 2.74. The van der Waals surface area contributed by atoms with E-state index in [9.17, 15) is 13.6 Å². The van der Waals surface area contributed by atoms with Gasteiger partial charge in [0.15, 0.2) is 0 Å². The molecule has 0 spiro atoms. The number of rotatable bonds is 5. The Morgan fingerprint density at radius 1 is 1.50 bits per heavy atom. The Morgan fingerprint density at radius 2 is 2.17 bits per heavy atom. The van der Waals surface area contributed by atoms with E-state index in [2.05, 4.69) is 20.7 Å². The molecule has 1 aromatic rings. The van der Waals surface area contributed by atoms with Crippen LogP contribution in [0.4, 0.5) is 14.5 Å². The lowest BCUT2D eigenvalue weighted by atomic mass is 10.1. The fourth-order valence-electron chi connectivity index (χ4n) is 1.38. The summed E-state index contributed by atoms with van der Waals surface area (Å²) in [6, 6.07) is 2.84. The van der Waals surface area contributed by atoms with Gasteiger partial charge in [-0.05, 0) is 19.1 Å². The zero-order chi connectivity index (χ0) is 13.7. The largest absolute Gasteiger partial charge is 0.466 e. The van der Waals surface area contributed by atoms with E-state index in [0.29, 0.717) is 4.47 Å². The van der Waals surface area contributed by atoms with Gasteiger partial charge in [-0.25, -0.2) is 0 Å². The first-order valence-electron chi connectivity index (χ1n) is 5.12. The van der Waals surface area contributed by atoms with Crippen molar-refractivity contribution < 1.29 is 23.0 Å². The Balaban J connectivity index is 3.03. The number of hydrogen-bond acceptors (Lipinski definition) is 4. The number of hydrogen-bond donors (Lipinski definition) is 1. The number of esters is 1. The number of carbonyl (C=O) groups is 1. The number of carbonyl (C=O) groups excluding carboxylic acids is 1. The van der Waals surface area contributed by atoms with Gasteiger partial charge in [0.25, 0.3) is 0 Å². The van der Waals surface area contributed by atoms with Gasteiger partial charge in [-0.1, -0.05) is 15.9 Å². The Hall–Kier alpha value is -1.37. The van der Waals surface area contributed by atoms with Gasteiger partial charge in [0.1, 0.15) is 5.75 Å². The van der Waals surface area contributed by atoms with Crippen molar-refractivity contribution in [1.82, 2.24) is 0 Å². The Bertz CT molecular complexity index is 441. The number of nitrogens with two attached hydrogens (primary N) is 1. The molecular formula is C11H12BrF2NO3. The summed E-state index contributed by atoms with van der Waals surface area (Å²) in [5.41, 5.74) is 6.06. The monoisotopic (exact) mass is 323 g/mol. The van der Waals surface area contributed by atoms with Crippen LogP contribution in [-0.2, 0) is 16.0 Å². The second-order valence-electron chi connectivity index (χ2n) is 3.33. The number of anilines is 1. The quantitative estimate of drug-likeness (QED) is 0.668. The van der Waals surface area contributed by atoms with Gasteiger partial charge in [-0.2, -0.15) is 8.78 Å². The molecule has 0 heterocycles. The lowest BCUT2D eigenvalue weighted by molar-refractivity contribution is -0.142. The Kier molecular flexibility index (Phi) is 5.33. The van der Waals surface area contributed by atoms with Gasteiger partial charge < -0.3 is 15.2 Å². The molecule has 1 rings (SSSR count). The van der Waals surface area contributed by atoms with Crippen molar-refractivity contribution in [2.45, 2.75) is 20.0 Å². The zero-order valence-corrected chi connectivity index (χ0v) is 11.2. The maximum absolute atomic E-state index is 12.3. The summed E-state index contributed by atoms with van der Waals surface area (Å²) in [5.74, 6) is -0.685. The van der Waals surface area contributed by atoms with Crippen molar-refractivity contribution in [3.05, 3.63) is 22.2 Å². The van der Waals surface area contributed by atoms with Crippen molar-refractivity contribution in [2.75, 3.05) is 12.3 Å². The highest BCUT2D eigenvalue weighted by atomic mass is 79.9. The van der Waals surface area contributed by atoms with Crippen molar-refractivity contribution in [2.24, 2.45) is 0 Å². The van der Waals surface area contributed by atoms with E-state index >= 15 is 0 Å². The average molecular weight is 324 g/mol. The summed E-state index contributed by atoms with van der Waals surface area (Å²) in [7, 11) is 0. The maximum Gasteiger partial charge on any atom is 0.387 e. The van der Waals surface area contributed by atoms with Crippen LogP contribution in [0, 0.1) is 0 Å². The molecule has 0 fully saturated rings. The molecule has 2 N–H and O–H groups in total. The summed E-state index contributed by atoms with van der Waals surface area (Å²) in [6.45, 7) is -1.13. The minimum atomic E-state index is -2.99. The van der Waals surface area contributed by atoms with Gasteiger partial charge in [-0.3, -0.25) is 4.79 Å². The fraction of sp³-hybridized carbons (Fsp3) is 0.364. The van der Waals surface area contributed by atoms with Crippen LogP contribution in [0.1, 0.15) is 12.5 Å². The second-order valence-corrected chi connectivity index (χ2v) is 4.25.